The number of nitro groups is 1. The van der Waals surface area contributed by atoms with E-state index in [0.717, 1.165) is 5.56 Å². The Morgan fingerprint density at radius 1 is 1.30 bits per heavy atom. The summed E-state index contributed by atoms with van der Waals surface area (Å²) in [4.78, 5) is 10.4. The molecule has 0 atom stereocenters. The number of nitrogens with zero attached hydrogens (tertiary/aromatic N) is 1. The molecule has 2 aromatic rings. The Bertz CT molecular complexity index is 662. The summed E-state index contributed by atoms with van der Waals surface area (Å²) in [6, 6.07) is 9.17. The summed E-state index contributed by atoms with van der Waals surface area (Å²) < 4.78 is 13.7. The molecule has 0 aliphatic rings. The minimum absolute atomic E-state index is 0.0856. The molecule has 6 heteroatoms. The maximum Gasteiger partial charge on any atom is 0.275 e. The standard InChI is InChI=1S/C14H12ClFN2O2/c1-9-2-5-13(12(16)6-9)17-8-10-3-4-11(15)7-14(10)18(19)20/h2-7,17H,8H2,1H3. The van der Waals surface area contributed by atoms with E-state index in [1.165, 1.54) is 12.1 Å². The van der Waals surface area contributed by atoms with Gasteiger partial charge in [0.15, 0.2) is 0 Å². The van der Waals surface area contributed by atoms with Gasteiger partial charge in [-0.05, 0) is 36.8 Å². The molecule has 0 aliphatic heterocycles. The molecule has 0 aromatic heterocycles. The molecule has 0 unspecified atom stereocenters. The van der Waals surface area contributed by atoms with Crippen molar-refractivity contribution in [2.45, 2.75) is 13.5 Å². The molecule has 0 heterocycles. The quantitative estimate of drug-likeness (QED) is 0.675. The van der Waals surface area contributed by atoms with Crippen molar-refractivity contribution in [2.24, 2.45) is 0 Å². The van der Waals surface area contributed by atoms with Crippen LogP contribution in [0.5, 0.6) is 0 Å². The predicted octanol–water partition coefficient (Wildman–Crippen LogP) is 4.31. The average Bonchev–Trinajstić information content (AvgIpc) is 2.38. The third kappa shape index (κ3) is 3.24. The summed E-state index contributed by atoms with van der Waals surface area (Å²) in [7, 11) is 0. The van der Waals surface area contributed by atoms with E-state index in [0.29, 0.717) is 16.3 Å². The van der Waals surface area contributed by atoms with Gasteiger partial charge in [-0.25, -0.2) is 4.39 Å². The van der Waals surface area contributed by atoms with Gasteiger partial charge in [0.1, 0.15) is 5.82 Å². The van der Waals surface area contributed by atoms with Gasteiger partial charge in [-0.2, -0.15) is 0 Å². The number of benzene rings is 2. The minimum Gasteiger partial charge on any atom is -0.378 e. The second-order valence-corrected chi connectivity index (χ2v) is 4.80. The number of hydrogen-bond acceptors (Lipinski definition) is 3. The Balaban J connectivity index is 2.20. The Labute approximate surface area is 120 Å². The van der Waals surface area contributed by atoms with Gasteiger partial charge in [0.05, 0.1) is 10.6 Å². The van der Waals surface area contributed by atoms with Crippen molar-refractivity contribution < 1.29 is 9.31 Å². The lowest BCUT2D eigenvalue weighted by molar-refractivity contribution is -0.385. The predicted molar refractivity (Wildman–Crippen MR) is 76.6 cm³/mol. The van der Waals surface area contributed by atoms with Crippen molar-refractivity contribution in [1.29, 1.82) is 0 Å². The molecular weight excluding hydrogens is 283 g/mol. The van der Waals surface area contributed by atoms with Crippen LogP contribution in [0.25, 0.3) is 0 Å². The Hall–Kier alpha value is -2.14. The SMILES string of the molecule is Cc1ccc(NCc2ccc(Cl)cc2[N+](=O)[O-])c(F)c1. The van der Waals surface area contributed by atoms with Crippen molar-refractivity contribution in [2.75, 3.05) is 5.32 Å². The van der Waals surface area contributed by atoms with Crippen molar-refractivity contribution in [3.63, 3.8) is 0 Å². The fourth-order valence-electron chi connectivity index (χ4n) is 1.81. The highest BCUT2D eigenvalue weighted by Gasteiger charge is 2.14. The second kappa shape index (κ2) is 5.88. The second-order valence-electron chi connectivity index (χ2n) is 4.37. The number of halogens is 2. The van der Waals surface area contributed by atoms with Crippen LogP contribution in [0.2, 0.25) is 5.02 Å². The molecule has 0 radical (unpaired) electrons. The van der Waals surface area contributed by atoms with Crippen LogP contribution in [-0.4, -0.2) is 4.92 Å². The summed E-state index contributed by atoms with van der Waals surface area (Å²) in [5.41, 5.74) is 1.47. The topological polar surface area (TPSA) is 55.2 Å². The van der Waals surface area contributed by atoms with E-state index in [-0.39, 0.29) is 18.0 Å². The van der Waals surface area contributed by atoms with Crippen LogP contribution < -0.4 is 5.32 Å². The van der Waals surface area contributed by atoms with Gasteiger partial charge in [0.25, 0.3) is 5.69 Å². The van der Waals surface area contributed by atoms with Crippen LogP contribution in [0.1, 0.15) is 11.1 Å². The first kappa shape index (κ1) is 14.3. The summed E-state index contributed by atoms with van der Waals surface area (Å²) in [5, 5.41) is 14.1. The fraction of sp³-hybridized carbons (Fsp3) is 0.143. The van der Waals surface area contributed by atoms with Gasteiger partial charge in [-0.3, -0.25) is 10.1 Å². The monoisotopic (exact) mass is 294 g/mol. The van der Waals surface area contributed by atoms with Crippen molar-refractivity contribution in [3.05, 3.63) is 68.5 Å². The van der Waals surface area contributed by atoms with Gasteiger partial charge < -0.3 is 5.32 Å². The molecule has 4 nitrogen and oxygen atoms in total. The average molecular weight is 295 g/mol. The molecule has 1 N–H and O–H groups in total. The first-order valence-electron chi connectivity index (χ1n) is 5.90. The van der Waals surface area contributed by atoms with Gasteiger partial charge in [0.2, 0.25) is 0 Å². The van der Waals surface area contributed by atoms with E-state index in [1.54, 1.807) is 31.2 Å². The van der Waals surface area contributed by atoms with E-state index in [4.69, 9.17) is 11.6 Å². The molecule has 2 aromatic carbocycles. The lowest BCUT2D eigenvalue weighted by Crippen LogP contribution is -2.04. The van der Waals surface area contributed by atoms with Crippen LogP contribution in [0.3, 0.4) is 0 Å². The Morgan fingerprint density at radius 3 is 2.70 bits per heavy atom. The molecule has 20 heavy (non-hydrogen) atoms. The zero-order valence-electron chi connectivity index (χ0n) is 10.7. The van der Waals surface area contributed by atoms with Crippen LogP contribution >= 0.6 is 11.6 Å². The third-order valence-corrected chi connectivity index (χ3v) is 3.07. The van der Waals surface area contributed by atoms with E-state index < -0.39 is 4.92 Å². The van der Waals surface area contributed by atoms with Gasteiger partial charge in [0, 0.05) is 23.2 Å². The van der Waals surface area contributed by atoms with Gasteiger partial charge in [-0.1, -0.05) is 17.7 Å². The number of aryl methyl sites for hydroxylation is 1. The van der Waals surface area contributed by atoms with Crippen LogP contribution in [0.4, 0.5) is 15.8 Å². The summed E-state index contributed by atoms with van der Waals surface area (Å²) in [6.07, 6.45) is 0. The molecule has 0 amide bonds. The van der Waals surface area contributed by atoms with Crippen LogP contribution in [0.15, 0.2) is 36.4 Å². The number of hydrogen-bond donors (Lipinski definition) is 1. The molecule has 0 fully saturated rings. The van der Waals surface area contributed by atoms with Crippen LogP contribution in [0, 0.1) is 22.9 Å². The normalized spacial score (nSPS) is 10.3. The van der Waals surface area contributed by atoms with Crippen LogP contribution in [-0.2, 0) is 6.54 Å². The van der Waals surface area contributed by atoms with Crippen molar-refractivity contribution in [1.82, 2.24) is 0 Å². The zero-order chi connectivity index (χ0) is 14.7. The lowest BCUT2D eigenvalue weighted by atomic mass is 10.1. The fourth-order valence-corrected chi connectivity index (χ4v) is 1.98. The molecule has 2 rings (SSSR count). The molecule has 0 bridgehead atoms. The Morgan fingerprint density at radius 2 is 2.05 bits per heavy atom. The summed E-state index contributed by atoms with van der Waals surface area (Å²) >= 11 is 5.74. The van der Waals surface area contributed by atoms with E-state index >= 15 is 0 Å². The number of nitrogens with one attached hydrogen (secondary N) is 1. The van der Waals surface area contributed by atoms with E-state index in [9.17, 15) is 14.5 Å². The van der Waals surface area contributed by atoms with Gasteiger partial charge >= 0.3 is 0 Å². The highest BCUT2D eigenvalue weighted by Crippen LogP contribution is 2.24. The molecule has 0 saturated heterocycles. The highest BCUT2D eigenvalue weighted by atomic mass is 35.5. The summed E-state index contributed by atoms with van der Waals surface area (Å²) in [5.74, 6) is -0.387. The van der Waals surface area contributed by atoms with E-state index in [1.807, 2.05) is 0 Å². The maximum absolute atomic E-state index is 13.7. The molecule has 0 saturated carbocycles. The van der Waals surface area contributed by atoms with E-state index in [2.05, 4.69) is 5.32 Å². The minimum atomic E-state index is -0.506. The zero-order valence-corrected chi connectivity index (χ0v) is 11.4. The number of anilines is 1. The molecule has 0 spiro atoms. The largest absolute Gasteiger partial charge is 0.378 e. The van der Waals surface area contributed by atoms with Crippen molar-refractivity contribution in [3.8, 4) is 0 Å². The first-order chi connectivity index (χ1) is 9.47. The molecular formula is C14H12ClFN2O2. The summed E-state index contributed by atoms with van der Waals surface area (Å²) in [6.45, 7) is 1.93. The number of rotatable bonds is 4. The molecule has 0 aliphatic carbocycles. The highest BCUT2D eigenvalue weighted by molar-refractivity contribution is 6.30. The maximum atomic E-state index is 13.7. The molecule has 104 valence electrons. The smallest absolute Gasteiger partial charge is 0.275 e. The third-order valence-electron chi connectivity index (χ3n) is 2.84. The number of nitro benzene ring substituents is 1. The first-order valence-corrected chi connectivity index (χ1v) is 6.28. The lowest BCUT2D eigenvalue weighted by Gasteiger charge is -2.09. The Kier molecular flexibility index (Phi) is 4.20. The van der Waals surface area contributed by atoms with Gasteiger partial charge in [-0.15, -0.1) is 0 Å². The van der Waals surface area contributed by atoms with Crippen molar-refractivity contribution >= 4 is 23.0 Å².